The van der Waals surface area contributed by atoms with Gasteiger partial charge in [0.25, 0.3) is 5.91 Å². The Morgan fingerprint density at radius 2 is 2.25 bits per heavy atom. The Kier molecular flexibility index (Phi) is 4.65. The second-order valence-corrected chi connectivity index (χ2v) is 5.29. The first kappa shape index (κ1) is 16.2. The zero-order chi connectivity index (χ0) is 17.1. The van der Waals surface area contributed by atoms with E-state index in [-0.39, 0.29) is 24.5 Å². The number of pyridine rings is 1. The van der Waals surface area contributed by atoms with Crippen molar-refractivity contribution in [2.45, 2.75) is 24.9 Å². The van der Waals surface area contributed by atoms with E-state index in [0.717, 1.165) is 0 Å². The third-order valence-corrected chi connectivity index (χ3v) is 3.66. The maximum atomic E-state index is 12.1. The number of rotatable bonds is 4. The lowest BCUT2D eigenvalue weighted by Crippen LogP contribution is -2.28. The van der Waals surface area contributed by atoms with Crippen LogP contribution >= 0.6 is 0 Å². The van der Waals surface area contributed by atoms with Gasteiger partial charge >= 0.3 is 5.69 Å². The molecule has 0 unspecified atom stereocenters. The fourth-order valence-corrected chi connectivity index (χ4v) is 2.43. The molecule has 0 radical (unpaired) electrons. The molecular formula is C15H16N4O5. The summed E-state index contributed by atoms with van der Waals surface area (Å²) >= 11 is 0. The van der Waals surface area contributed by atoms with Gasteiger partial charge in [0.05, 0.1) is 12.7 Å². The Morgan fingerprint density at radius 3 is 2.88 bits per heavy atom. The van der Waals surface area contributed by atoms with E-state index in [1.165, 1.54) is 23.0 Å². The molecule has 1 fully saturated rings. The Morgan fingerprint density at radius 1 is 1.42 bits per heavy atom. The Labute approximate surface area is 136 Å². The third-order valence-electron chi connectivity index (χ3n) is 3.66. The molecule has 126 valence electrons. The molecular weight excluding hydrogens is 316 g/mol. The summed E-state index contributed by atoms with van der Waals surface area (Å²) in [5.41, 5.74) is -0.430. The highest BCUT2D eigenvalue weighted by Crippen LogP contribution is 2.27. The lowest BCUT2D eigenvalue weighted by molar-refractivity contribution is -0.0458. The van der Waals surface area contributed by atoms with Crippen molar-refractivity contribution in [1.82, 2.24) is 14.5 Å². The summed E-state index contributed by atoms with van der Waals surface area (Å²) in [6.07, 6.45) is 0.784. The first-order valence-corrected chi connectivity index (χ1v) is 7.34. The molecule has 24 heavy (non-hydrogen) atoms. The number of aliphatic hydroxyl groups is 2. The van der Waals surface area contributed by atoms with Crippen LogP contribution in [0.25, 0.3) is 0 Å². The van der Waals surface area contributed by atoms with Gasteiger partial charge in [-0.2, -0.15) is 4.98 Å². The minimum atomic E-state index is -0.851. The number of hydrogen-bond donors (Lipinski definition) is 3. The van der Waals surface area contributed by atoms with Gasteiger partial charge in [-0.15, -0.1) is 0 Å². The predicted molar refractivity (Wildman–Crippen MR) is 82.3 cm³/mol. The quantitative estimate of drug-likeness (QED) is 0.691. The van der Waals surface area contributed by atoms with Crippen molar-refractivity contribution in [3.63, 3.8) is 0 Å². The molecule has 2 aromatic heterocycles. The summed E-state index contributed by atoms with van der Waals surface area (Å²) in [7, 11) is 0. The van der Waals surface area contributed by atoms with Crippen LogP contribution in [0.1, 0.15) is 23.1 Å². The second kappa shape index (κ2) is 6.87. The number of nitrogens with one attached hydrogen (secondary N) is 1. The van der Waals surface area contributed by atoms with E-state index in [9.17, 15) is 14.7 Å². The topological polar surface area (TPSA) is 127 Å². The number of anilines is 1. The highest BCUT2D eigenvalue weighted by Gasteiger charge is 2.34. The van der Waals surface area contributed by atoms with E-state index >= 15 is 0 Å². The number of hydrogen-bond acceptors (Lipinski definition) is 7. The van der Waals surface area contributed by atoms with Crippen LogP contribution < -0.4 is 11.0 Å². The SMILES string of the molecule is O=C(Nc1ccn([C@H]2C[C@H](O)[C@@H](CO)O2)c(=O)n1)c1ccccn1. The smallest absolute Gasteiger partial charge is 0.351 e. The monoisotopic (exact) mass is 332 g/mol. The van der Waals surface area contributed by atoms with Gasteiger partial charge in [-0.25, -0.2) is 4.79 Å². The largest absolute Gasteiger partial charge is 0.394 e. The predicted octanol–water partition coefficient (Wildman–Crippen LogP) is -0.469. The van der Waals surface area contributed by atoms with Crippen molar-refractivity contribution in [3.05, 3.63) is 52.8 Å². The number of nitrogens with zero attached hydrogens (tertiary/aromatic N) is 3. The highest BCUT2D eigenvalue weighted by molar-refractivity contribution is 6.02. The average molecular weight is 332 g/mol. The first-order chi connectivity index (χ1) is 11.6. The van der Waals surface area contributed by atoms with Crippen LogP contribution in [0.5, 0.6) is 0 Å². The summed E-state index contributed by atoms with van der Waals surface area (Å²) < 4.78 is 6.61. The van der Waals surface area contributed by atoms with Crippen LogP contribution in [-0.2, 0) is 4.74 Å². The molecule has 1 aliphatic rings. The molecule has 2 aromatic rings. The van der Waals surface area contributed by atoms with Crippen LogP contribution in [0.2, 0.25) is 0 Å². The highest BCUT2D eigenvalue weighted by atomic mass is 16.5. The average Bonchev–Trinajstić information content (AvgIpc) is 2.96. The van der Waals surface area contributed by atoms with E-state index in [4.69, 9.17) is 9.84 Å². The number of aliphatic hydroxyl groups excluding tert-OH is 2. The Balaban J connectivity index is 1.74. The van der Waals surface area contributed by atoms with Crippen molar-refractivity contribution in [1.29, 1.82) is 0 Å². The number of amides is 1. The summed E-state index contributed by atoms with van der Waals surface area (Å²) in [6.45, 7) is -0.335. The molecule has 0 saturated carbocycles. The number of carbonyl (C=O) groups excluding carboxylic acids is 1. The van der Waals surface area contributed by atoms with Gasteiger partial charge in [-0.1, -0.05) is 6.07 Å². The van der Waals surface area contributed by atoms with E-state index < -0.39 is 30.0 Å². The fraction of sp³-hybridized carbons (Fsp3) is 0.333. The molecule has 3 atom stereocenters. The van der Waals surface area contributed by atoms with Crippen molar-refractivity contribution >= 4 is 11.7 Å². The summed E-state index contributed by atoms with van der Waals surface area (Å²) in [5, 5.41) is 21.3. The summed E-state index contributed by atoms with van der Waals surface area (Å²) in [6, 6.07) is 6.35. The number of carbonyl (C=O) groups is 1. The Hall–Kier alpha value is -2.62. The van der Waals surface area contributed by atoms with Crippen LogP contribution in [0.3, 0.4) is 0 Å². The number of aromatic nitrogens is 3. The molecule has 1 saturated heterocycles. The van der Waals surface area contributed by atoms with Crippen LogP contribution in [0, 0.1) is 0 Å². The lowest BCUT2D eigenvalue weighted by atomic mass is 10.2. The molecule has 3 heterocycles. The van der Waals surface area contributed by atoms with E-state index in [1.807, 2.05) is 0 Å². The molecule has 1 amide bonds. The van der Waals surface area contributed by atoms with E-state index in [0.29, 0.717) is 0 Å². The van der Waals surface area contributed by atoms with Gasteiger partial charge in [0.2, 0.25) is 0 Å². The van der Waals surface area contributed by atoms with Gasteiger partial charge in [-0.05, 0) is 18.2 Å². The minimum absolute atomic E-state index is 0.0872. The minimum Gasteiger partial charge on any atom is -0.394 e. The fourth-order valence-electron chi connectivity index (χ4n) is 2.43. The van der Waals surface area contributed by atoms with Crippen molar-refractivity contribution in [3.8, 4) is 0 Å². The van der Waals surface area contributed by atoms with Gasteiger partial charge in [0.15, 0.2) is 0 Å². The molecule has 3 N–H and O–H groups in total. The van der Waals surface area contributed by atoms with Gasteiger partial charge in [0, 0.05) is 18.8 Å². The Bertz CT molecular complexity index is 779. The summed E-state index contributed by atoms with van der Waals surface area (Å²) in [4.78, 5) is 31.8. The molecule has 0 aromatic carbocycles. The van der Waals surface area contributed by atoms with Crippen LogP contribution in [0.15, 0.2) is 41.5 Å². The summed E-state index contributed by atoms with van der Waals surface area (Å²) in [5.74, 6) is -0.391. The zero-order valence-corrected chi connectivity index (χ0v) is 12.6. The van der Waals surface area contributed by atoms with E-state index in [1.54, 1.807) is 18.2 Å². The number of ether oxygens (including phenoxy) is 1. The molecule has 3 rings (SSSR count). The zero-order valence-electron chi connectivity index (χ0n) is 12.6. The van der Waals surface area contributed by atoms with Gasteiger partial charge in [-0.3, -0.25) is 14.3 Å². The maximum Gasteiger partial charge on any atom is 0.351 e. The standard InChI is InChI=1S/C15H16N4O5/c20-8-11-10(21)7-13(24-11)19-6-4-12(18-15(19)23)17-14(22)9-3-1-2-5-16-9/h1-6,10-11,13,20-21H,7-8H2,(H,17,18,22,23)/t10-,11+,13+/m0/s1. The third kappa shape index (κ3) is 3.32. The van der Waals surface area contributed by atoms with Gasteiger partial charge < -0.3 is 20.3 Å². The molecule has 0 bridgehead atoms. The molecule has 1 aliphatic heterocycles. The lowest BCUT2D eigenvalue weighted by Gasteiger charge is -2.14. The van der Waals surface area contributed by atoms with Crippen molar-refractivity contribution in [2.75, 3.05) is 11.9 Å². The molecule has 0 spiro atoms. The van der Waals surface area contributed by atoms with Crippen molar-refractivity contribution < 1.29 is 19.7 Å². The van der Waals surface area contributed by atoms with E-state index in [2.05, 4.69) is 15.3 Å². The van der Waals surface area contributed by atoms with Crippen molar-refractivity contribution in [2.24, 2.45) is 0 Å². The first-order valence-electron chi connectivity index (χ1n) is 7.34. The normalized spacial score (nSPS) is 23.2. The molecule has 0 aliphatic carbocycles. The molecule has 9 nitrogen and oxygen atoms in total. The van der Waals surface area contributed by atoms with Crippen LogP contribution in [0.4, 0.5) is 5.82 Å². The maximum absolute atomic E-state index is 12.1. The second-order valence-electron chi connectivity index (χ2n) is 5.29. The van der Waals surface area contributed by atoms with Gasteiger partial charge in [0.1, 0.15) is 23.8 Å². The van der Waals surface area contributed by atoms with Crippen LogP contribution in [-0.4, -0.2) is 49.5 Å². The molecule has 9 heteroatoms.